The molecule has 2 aliphatic heterocycles. The van der Waals surface area contributed by atoms with Crippen LogP contribution in [0, 0.1) is 22.7 Å². The minimum absolute atomic E-state index is 0.00601. The fraction of sp³-hybridized carbons (Fsp3) is 0.340. The zero-order valence-corrected chi connectivity index (χ0v) is 41.8. The second kappa shape index (κ2) is 24.4. The monoisotopic (exact) mass is 1060 g/mol. The number of amides is 4. The second-order valence-corrected chi connectivity index (χ2v) is 17.4. The maximum atomic E-state index is 14.5. The number of rotatable bonds is 18. The number of likely N-dealkylation sites (N-methyl/N-ethyl adjacent to an activating group) is 1. The van der Waals surface area contributed by atoms with E-state index in [2.05, 4.69) is 10.6 Å². The summed E-state index contributed by atoms with van der Waals surface area (Å²) in [6.07, 6.45) is -11.4. The summed E-state index contributed by atoms with van der Waals surface area (Å²) in [6, 6.07) is 20.4. The predicted octanol–water partition coefficient (Wildman–Crippen LogP) is 7.13. The third-order valence-corrected chi connectivity index (χ3v) is 12.5. The zero-order valence-electron chi connectivity index (χ0n) is 41.8. The molecule has 0 bridgehead atoms. The van der Waals surface area contributed by atoms with Gasteiger partial charge in [0.05, 0.1) is 83.1 Å². The molecule has 0 spiro atoms. The first-order valence-corrected chi connectivity index (χ1v) is 23.7. The highest BCUT2D eigenvalue weighted by atomic mass is 19.4. The average molecular weight is 1060 g/mol. The van der Waals surface area contributed by atoms with Gasteiger partial charge in [-0.2, -0.15) is 36.9 Å². The van der Waals surface area contributed by atoms with Crippen LogP contribution in [-0.4, -0.2) is 115 Å². The van der Waals surface area contributed by atoms with E-state index in [-0.39, 0.29) is 84.4 Å². The van der Waals surface area contributed by atoms with Crippen molar-refractivity contribution in [2.45, 2.75) is 58.5 Å². The van der Waals surface area contributed by atoms with E-state index in [9.17, 15) is 65.9 Å². The topological polar surface area (TPSA) is 212 Å². The Morgan fingerprint density at radius 3 is 1.59 bits per heavy atom. The van der Waals surface area contributed by atoms with Gasteiger partial charge in [-0.25, -0.2) is 19.3 Å². The van der Waals surface area contributed by atoms with Gasteiger partial charge in [0, 0.05) is 43.3 Å². The maximum absolute atomic E-state index is 14.5. The summed E-state index contributed by atoms with van der Waals surface area (Å²) >= 11 is 0. The minimum atomic E-state index is -4.79. The molecule has 0 aromatic heterocycles. The van der Waals surface area contributed by atoms with Crippen molar-refractivity contribution in [1.82, 2.24) is 25.3 Å². The molecule has 0 saturated heterocycles. The van der Waals surface area contributed by atoms with Crippen LogP contribution < -0.4 is 20.4 Å². The van der Waals surface area contributed by atoms with E-state index in [0.717, 1.165) is 51.1 Å². The Bertz CT molecular complexity index is 2970. The van der Waals surface area contributed by atoms with Gasteiger partial charge in [-0.15, -0.1) is 0 Å². The number of hydrogen-bond donors (Lipinski definition) is 3. The highest BCUT2D eigenvalue weighted by molar-refractivity contribution is 6.04. The van der Waals surface area contributed by atoms with Crippen molar-refractivity contribution in [1.29, 1.82) is 10.5 Å². The summed E-state index contributed by atoms with van der Waals surface area (Å²) in [5.74, 6) is -3.15. The third-order valence-electron chi connectivity index (χ3n) is 12.5. The summed E-state index contributed by atoms with van der Waals surface area (Å²) in [7, 11) is 1.67. The van der Waals surface area contributed by atoms with E-state index >= 15 is 0 Å². The summed E-state index contributed by atoms with van der Waals surface area (Å²) in [4.78, 5) is 75.5. The number of nitrogens with one attached hydrogen (secondary N) is 2. The number of anilines is 2. The van der Waals surface area contributed by atoms with Gasteiger partial charge in [0.15, 0.2) is 6.35 Å². The molecule has 2 aliphatic rings. The lowest BCUT2D eigenvalue weighted by molar-refractivity contribution is -0.142. The molecule has 0 saturated carbocycles. The maximum Gasteiger partial charge on any atom is 0.416 e. The Morgan fingerprint density at radius 2 is 1.12 bits per heavy atom. The number of aliphatic hydroxyl groups is 1. The van der Waals surface area contributed by atoms with Gasteiger partial charge in [-0.1, -0.05) is 36.4 Å². The number of alkyl halides is 6. The van der Waals surface area contributed by atoms with Gasteiger partial charge in [0.1, 0.15) is 6.54 Å². The molecule has 400 valence electrons. The lowest BCUT2D eigenvalue weighted by Crippen LogP contribution is -2.57. The van der Waals surface area contributed by atoms with Gasteiger partial charge in [-0.3, -0.25) is 14.5 Å². The van der Waals surface area contributed by atoms with Crippen LogP contribution in [0.3, 0.4) is 0 Å². The number of carbonyl (C=O) groups excluding carboxylic acids is 5. The number of hydrogen-bond acceptors (Lipinski definition) is 13. The quantitative estimate of drug-likeness (QED) is 0.0670. The lowest BCUT2D eigenvalue weighted by Gasteiger charge is -2.47. The van der Waals surface area contributed by atoms with E-state index < -0.39 is 84.8 Å². The Kier molecular flexibility index (Phi) is 18.3. The van der Waals surface area contributed by atoms with E-state index in [0.29, 0.717) is 11.1 Å². The normalized spacial score (nSPS) is 17.3. The molecule has 3 N–H and O–H groups in total. The van der Waals surface area contributed by atoms with Crippen LogP contribution in [0.25, 0.3) is 0 Å². The van der Waals surface area contributed by atoms with E-state index in [4.69, 9.17) is 9.47 Å². The molecule has 4 aromatic carbocycles. The average Bonchev–Trinajstić information content (AvgIpc) is 3.37. The molecule has 4 amide bonds. The van der Waals surface area contributed by atoms with Crippen LogP contribution in [-0.2, 0) is 41.0 Å². The molecule has 3 unspecified atom stereocenters. The zero-order chi connectivity index (χ0) is 55.6. The molecule has 3 atom stereocenters. The molecule has 4 aromatic rings. The Labute approximate surface area is 433 Å². The van der Waals surface area contributed by atoms with Crippen molar-refractivity contribution < 1.29 is 64.9 Å². The first-order valence-electron chi connectivity index (χ1n) is 23.7. The van der Waals surface area contributed by atoms with E-state index in [1.54, 1.807) is 25.8 Å². The Balaban J connectivity index is 1.17. The lowest BCUT2D eigenvalue weighted by atomic mass is 9.92. The molecule has 17 nitrogen and oxygen atoms in total. The first kappa shape index (κ1) is 57.0. The minimum Gasteiger partial charge on any atom is -0.463 e. The van der Waals surface area contributed by atoms with Gasteiger partial charge in [0.2, 0.25) is 11.8 Å². The molecule has 2 heterocycles. The number of halogens is 6. The van der Waals surface area contributed by atoms with Gasteiger partial charge < -0.3 is 39.9 Å². The van der Waals surface area contributed by atoms with Crippen molar-refractivity contribution in [3.63, 3.8) is 0 Å². The number of aliphatic hydroxyl groups excluding tert-OH is 1. The van der Waals surface area contributed by atoms with Gasteiger partial charge in [-0.05, 0) is 107 Å². The number of benzene rings is 4. The first-order chi connectivity index (χ1) is 36.0. The van der Waals surface area contributed by atoms with Crippen LogP contribution >= 0.6 is 0 Å². The van der Waals surface area contributed by atoms with Crippen LogP contribution in [0.15, 0.2) is 120 Å². The largest absolute Gasteiger partial charge is 0.463 e. The summed E-state index contributed by atoms with van der Waals surface area (Å²) in [5.41, 5.74) is -1.54. The molecule has 76 heavy (non-hydrogen) atoms. The number of urea groups is 1. The highest BCUT2D eigenvalue weighted by Gasteiger charge is 2.46. The smallest absolute Gasteiger partial charge is 0.416 e. The Morgan fingerprint density at radius 1 is 0.671 bits per heavy atom. The molecular formula is C53H53F6N9O8. The van der Waals surface area contributed by atoms with Crippen molar-refractivity contribution in [2.24, 2.45) is 0 Å². The molecule has 23 heteroatoms. The SMILES string of the molecule is CCOC(=O)C1=C(C)N(c2cccc(C(F)(F)F)c2)C(=O)N(CC(=O)NCCN(C)CCNC(=O)CN2C(c3ccc(C#N)cc3)C(C(=O)OCC)=C(C)N(c3cccc(C(F)(F)F)c3)C2O)C1c1ccc(C#N)cc1. The van der Waals surface area contributed by atoms with Crippen molar-refractivity contribution in [3.05, 3.63) is 153 Å². The number of nitrogens with zero attached hydrogens (tertiary/aromatic N) is 7. The van der Waals surface area contributed by atoms with Crippen LogP contribution in [0.2, 0.25) is 0 Å². The standard InChI is InChI=1S/C53H53F6N9O8/c1-6-75-48(71)44-32(3)67(40-12-8-10-38(26-40)52(54,55)56)50(73)65(46(44)36-18-14-34(28-60)15-19-36)30-42(69)62-22-24-64(5)25-23-63-43(70)31-66-47(37-20-16-35(29-61)17-21-37)45(49(72)76-7-2)33(4)68(51(66)74)41-13-9-11-39(27-41)53(57,58)59/h8-21,26-27,46-47,50,73H,6-7,22-25,30-31H2,1-5H3,(H,62,69)(H,63,70). The molecule has 0 fully saturated rings. The summed E-state index contributed by atoms with van der Waals surface area (Å²) in [6.45, 7) is 4.73. The van der Waals surface area contributed by atoms with Gasteiger partial charge >= 0.3 is 30.3 Å². The van der Waals surface area contributed by atoms with Crippen LogP contribution in [0.4, 0.5) is 42.5 Å². The number of esters is 2. The van der Waals surface area contributed by atoms with Crippen molar-refractivity contribution >= 4 is 41.2 Å². The molecule has 0 aliphatic carbocycles. The summed E-state index contributed by atoms with van der Waals surface area (Å²) in [5, 5.41) is 36.4. The van der Waals surface area contributed by atoms with Crippen LogP contribution in [0.1, 0.15) is 73.2 Å². The molecule has 0 radical (unpaired) electrons. The number of ether oxygens (including phenoxy) is 2. The fourth-order valence-electron chi connectivity index (χ4n) is 8.86. The number of carbonyl (C=O) groups is 5. The second-order valence-electron chi connectivity index (χ2n) is 17.4. The summed E-state index contributed by atoms with van der Waals surface area (Å²) < 4.78 is 94.2. The van der Waals surface area contributed by atoms with Crippen LogP contribution in [0.5, 0.6) is 0 Å². The number of nitriles is 2. The number of allylic oxidation sites excluding steroid dienone is 2. The van der Waals surface area contributed by atoms with E-state index in [1.807, 2.05) is 12.1 Å². The molecular weight excluding hydrogens is 1000 g/mol. The van der Waals surface area contributed by atoms with E-state index in [1.165, 1.54) is 79.4 Å². The van der Waals surface area contributed by atoms with Crippen molar-refractivity contribution in [2.75, 3.05) is 69.3 Å². The Hall–Kier alpha value is -8.25. The highest BCUT2D eigenvalue weighted by Crippen LogP contribution is 2.44. The van der Waals surface area contributed by atoms with Gasteiger partial charge in [0.25, 0.3) is 0 Å². The molecule has 6 rings (SSSR count). The third kappa shape index (κ3) is 13.0. The predicted molar refractivity (Wildman–Crippen MR) is 263 cm³/mol. The van der Waals surface area contributed by atoms with Crippen molar-refractivity contribution in [3.8, 4) is 12.1 Å². The fourth-order valence-corrected chi connectivity index (χ4v) is 8.86.